The lowest BCUT2D eigenvalue weighted by Crippen LogP contribution is -2.48. The highest BCUT2D eigenvalue weighted by molar-refractivity contribution is 5.66. The van der Waals surface area contributed by atoms with Gasteiger partial charge in [-0.05, 0) is 39.8 Å². The lowest BCUT2D eigenvalue weighted by molar-refractivity contribution is -0.260. The number of esters is 2. The van der Waals surface area contributed by atoms with E-state index in [0.717, 1.165) is 0 Å². The molecule has 8 atom stereocenters. The van der Waals surface area contributed by atoms with E-state index in [9.17, 15) is 9.59 Å². The van der Waals surface area contributed by atoms with Crippen LogP contribution in [-0.4, -0.2) is 85.9 Å². The summed E-state index contributed by atoms with van der Waals surface area (Å²) in [6.45, 7) is 10.1. The van der Waals surface area contributed by atoms with Gasteiger partial charge in [-0.25, -0.2) is 0 Å². The number of fused-ring (bicyclic) bond motifs is 1. The second-order valence-corrected chi connectivity index (χ2v) is 9.34. The molecule has 33 heavy (non-hydrogen) atoms. The molecule has 0 aromatic rings. The van der Waals surface area contributed by atoms with Crippen LogP contribution in [0.3, 0.4) is 0 Å². The van der Waals surface area contributed by atoms with Crippen molar-refractivity contribution in [2.75, 3.05) is 13.2 Å². The Morgan fingerprint density at radius 3 is 2.33 bits per heavy atom. The predicted octanol–water partition coefficient (Wildman–Crippen LogP) is 1.18. The van der Waals surface area contributed by atoms with E-state index in [1.165, 1.54) is 13.8 Å². The highest BCUT2D eigenvalue weighted by Gasteiger charge is 2.59. The van der Waals surface area contributed by atoms with Gasteiger partial charge in [-0.15, -0.1) is 0 Å². The third-order valence-electron chi connectivity index (χ3n) is 5.60. The summed E-state index contributed by atoms with van der Waals surface area (Å²) >= 11 is 0. The maximum atomic E-state index is 11.5. The monoisotopic (exact) mass is 472 g/mol. The van der Waals surface area contributed by atoms with E-state index in [-0.39, 0.29) is 6.61 Å². The molecule has 4 aliphatic heterocycles. The largest absolute Gasteiger partial charge is 0.463 e. The van der Waals surface area contributed by atoms with Crippen LogP contribution < -0.4 is 0 Å². The van der Waals surface area contributed by atoms with Gasteiger partial charge in [-0.3, -0.25) is 9.59 Å². The zero-order valence-electron chi connectivity index (χ0n) is 19.7. The summed E-state index contributed by atoms with van der Waals surface area (Å²) in [5.74, 6) is -2.54. The second kappa shape index (κ2) is 9.21. The van der Waals surface area contributed by atoms with Crippen LogP contribution in [-0.2, 0) is 52.2 Å². The average Bonchev–Trinajstić information content (AvgIpc) is 3.31. The van der Waals surface area contributed by atoms with Gasteiger partial charge in [0.25, 0.3) is 0 Å². The summed E-state index contributed by atoms with van der Waals surface area (Å²) in [7, 11) is 0. The summed E-state index contributed by atoms with van der Waals surface area (Å²) in [5.41, 5.74) is 0. The Morgan fingerprint density at radius 1 is 0.939 bits per heavy atom. The minimum atomic E-state index is -0.838. The molecule has 0 aliphatic carbocycles. The number of rotatable bonds is 6. The van der Waals surface area contributed by atoms with Gasteiger partial charge >= 0.3 is 11.9 Å². The van der Waals surface area contributed by atoms with Crippen LogP contribution >= 0.6 is 0 Å². The van der Waals surface area contributed by atoms with Crippen LogP contribution in [0, 0.1) is 0 Å². The van der Waals surface area contributed by atoms with Crippen molar-refractivity contribution in [2.45, 2.75) is 102 Å². The third-order valence-corrected chi connectivity index (χ3v) is 5.60. The van der Waals surface area contributed by atoms with Crippen molar-refractivity contribution in [3.05, 3.63) is 12.2 Å². The van der Waals surface area contributed by atoms with Crippen LogP contribution in [0.25, 0.3) is 0 Å². The summed E-state index contributed by atoms with van der Waals surface area (Å²) in [4.78, 5) is 22.8. The maximum absolute atomic E-state index is 11.5. The molecular weight excluding hydrogens is 440 g/mol. The van der Waals surface area contributed by atoms with E-state index in [0.29, 0.717) is 6.61 Å². The molecular formula is C22H32O11. The fraction of sp³-hybridized carbons (Fsp3) is 0.818. The number of carbonyl (C=O) groups excluding carboxylic acids is 2. The number of ether oxygens (including phenoxy) is 9. The first-order chi connectivity index (χ1) is 15.4. The Bertz CT molecular complexity index is 778. The molecule has 0 amide bonds. The zero-order valence-corrected chi connectivity index (χ0v) is 19.7. The quantitative estimate of drug-likeness (QED) is 0.410. The molecule has 1 unspecified atom stereocenters. The fourth-order valence-electron chi connectivity index (χ4n) is 4.33. The number of carbonyl (C=O) groups is 2. The minimum absolute atomic E-state index is 0.103. The first kappa shape index (κ1) is 24.5. The van der Waals surface area contributed by atoms with Crippen LogP contribution in [0.15, 0.2) is 12.2 Å². The van der Waals surface area contributed by atoms with Gasteiger partial charge in [-0.2, -0.15) is 0 Å². The van der Waals surface area contributed by atoms with Gasteiger partial charge in [-0.1, -0.05) is 0 Å². The molecule has 4 heterocycles. The van der Waals surface area contributed by atoms with Gasteiger partial charge in [0, 0.05) is 13.8 Å². The highest BCUT2D eigenvalue weighted by Crippen LogP contribution is 2.42. The molecule has 0 saturated carbocycles. The van der Waals surface area contributed by atoms with E-state index < -0.39 is 72.7 Å². The number of hydrogen-bond donors (Lipinski definition) is 0. The Morgan fingerprint density at radius 2 is 1.70 bits per heavy atom. The molecule has 0 aromatic carbocycles. The lowest BCUT2D eigenvalue weighted by atomic mass is 10.1. The smallest absolute Gasteiger partial charge is 0.303 e. The average molecular weight is 472 g/mol. The molecule has 4 aliphatic rings. The van der Waals surface area contributed by atoms with Gasteiger partial charge in [0.2, 0.25) is 0 Å². The third kappa shape index (κ3) is 5.73. The first-order valence-corrected chi connectivity index (χ1v) is 11.1. The van der Waals surface area contributed by atoms with Crippen molar-refractivity contribution in [1.82, 2.24) is 0 Å². The van der Waals surface area contributed by atoms with Crippen molar-refractivity contribution in [3.63, 3.8) is 0 Å². The topological polar surface area (TPSA) is 117 Å². The Labute approximate surface area is 192 Å². The molecule has 0 N–H and O–H groups in total. The molecule has 3 saturated heterocycles. The van der Waals surface area contributed by atoms with Crippen molar-refractivity contribution in [2.24, 2.45) is 0 Å². The highest BCUT2D eigenvalue weighted by atomic mass is 16.9. The summed E-state index contributed by atoms with van der Waals surface area (Å²) in [6.07, 6.45) is -1.71. The zero-order chi connectivity index (χ0) is 24.0. The molecule has 0 radical (unpaired) electrons. The summed E-state index contributed by atoms with van der Waals surface area (Å²) in [5, 5.41) is 0. The minimum Gasteiger partial charge on any atom is -0.463 e. The van der Waals surface area contributed by atoms with Crippen LogP contribution in [0.2, 0.25) is 0 Å². The lowest BCUT2D eigenvalue weighted by Gasteiger charge is -2.35. The Kier molecular flexibility index (Phi) is 6.85. The van der Waals surface area contributed by atoms with Gasteiger partial charge < -0.3 is 42.6 Å². The molecule has 0 aromatic heterocycles. The Balaban J connectivity index is 1.50. The first-order valence-electron chi connectivity index (χ1n) is 11.1. The molecule has 0 spiro atoms. The molecule has 4 rings (SSSR count). The molecule has 186 valence electrons. The normalized spacial score (nSPS) is 41.0. The summed E-state index contributed by atoms with van der Waals surface area (Å²) in [6, 6.07) is 0. The SMILES string of the molecule is CC(=O)OC[C@@H]1OC(O[C@@H]2[C@H]3OC(C)(C)O[C@H]3O[C@@H]2[C@H]2COC(C)(C)O2)C=C[C@@H]1OC(C)=O. The molecule has 0 bridgehead atoms. The molecule has 11 heteroatoms. The van der Waals surface area contributed by atoms with E-state index >= 15 is 0 Å². The standard InChI is InChI=1S/C22H32O11/c1-11(23)25-9-14-13(27-12(2)24)7-8-16(28-14)29-18-17(15-10-26-21(3,4)31-15)30-20-19(18)32-22(5,6)33-20/h7-8,13-20H,9-10H2,1-6H3/t13-,14-,15+,16?,17+,18-,19+,20+/m0/s1. The molecule has 3 fully saturated rings. The van der Waals surface area contributed by atoms with Gasteiger partial charge in [0.15, 0.2) is 24.2 Å². The van der Waals surface area contributed by atoms with Crippen molar-refractivity contribution in [3.8, 4) is 0 Å². The Hall–Kier alpha value is -1.60. The van der Waals surface area contributed by atoms with Gasteiger partial charge in [0.1, 0.15) is 43.2 Å². The van der Waals surface area contributed by atoms with Gasteiger partial charge in [0.05, 0.1) is 6.61 Å². The summed E-state index contributed by atoms with van der Waals surface area (Å²) < 4.78 is 52.4. The van der Waals surface area contributed by atoms with Crippen LogP contribution in [0.1, 0.15) is 41.5 Å². The van der Waals surface area contributed by atoms with E-state index in [1.54, 1.807) is 26.0 Å². The van der Waals surface area contributed by atoms with Crippen LogP contribution in [0.4, 0.5) is 0 Å². The van der Waals surface area contributed by atoms with Crippen molar-refractivity contribution < 1.29 is 52.2 Å². The fourth-order valence-corrected chi connectivity index (χ4v) is 4.33. The van der Waals surface area contributed by atoms with E-state index in [1.807, 2.05) is 13.8 Å². The number of hydrogen-bond acceptors (Lipinski definition) is 11. The predicted molar refractivity (Wildman–Crippen MR) is 108 cm³/mol. The molecule has 11 nitrogen and oxygen atoms in total. The second-order valence-electron chi connectivity index (χ2n) is 9.34. The van der Waals surface area contributed by atoms with E-state index in [2.05, 4.69) is 0 Å². The maximum Gasteiger partial charge on any atom is 0.303 e. The van der Waals surface area contributed by atoms with Crippen molar-refractivity contribution in [1.29, 1.82) is 0 Å². The van der Waals surface area contributed by atoms with E-state index in [4.69, 9.17) is 42.6 Å². The van der Waals surface area contributed by atoms with Crippen molar-refractivity contribution >= 4 is 11.9 Å². The van der Waals surface area contributed by atoms with Crippen LogP contribution in [0.5, 0.6) is 0 Å².